The quantitative estimate of drug-likeness (QED) is 0.588. The van der Waals surface area contributed by atoms with Crippen LogP contribution in [0.25, 0.3) is 0 Å². The van der Waals surface area contributed by atoms with Crippen LogP contribution in [0.2, 0.25) is 0 Å². The molecule has 0 aliphatic carbocycles. The standard InChI is InChI=1S/C22H20BrN3O2S/c23-20-9-8-18(29-20)11-19(24)22(28)26-12-15-6-7-17(10-16(15)13-26)25-21(27)14-4-2-1-3-5-14/h1-10,19H,11-13,24H2,(H,25,27)/t19-/m1/s1. The largest absolute Gasteiger partial charge is 0.333 e. The number of halogens is 1. The third kappa shape index (κ3) is 4.58. The molecule has 1 atom stereocenters. The smallest absolute Gasteiger partial charge is 0.255 e. The van der Waals surface area contributed by atoms with Crippen LogP contribution in [-0.2, 0) is 24.3 Å². The van der Waals surface area contributed by atoms with Gasteiger partial charge in [0, 0.05) is 35.6 Å². The van der Waals surface area contributed by atoms with Crippen LogP contribution in [0.5, 0.6) is 0 Å². The molecule has 1 aromatic heterocycles. The molecule has 0 unspecified atom stereocenters. The first-order valence-electron chi connectivity index (χ1n) is 9.26. The maximum absolute atomic E-state index is 12.8. The van der Waals surface area contributed by atoms with Gasteiger partial charge >= 0.3 is 0 Å². The van der Waals surface area contributed by atoms with E-state index in [-0.39, 0.29) is 11.8 Å². The lowest BCUT2D eigenvalue weighted by atomic mass is 10.1. The van der Waals surface area contributed by atoms with Gasteiger partial charge in [0.15, 0.2) is 0 Å². The highest BCUT2D eigenvalue weighted by Crippen LogP contribution is 2.28. The van der Waals surface area contributed by atoms with E-state index in [1.165, 1.54) is 0 Å². The summed E-state index contributed by atoms with van der Waals surface area (Å²) in [5.74, 6) is -0.207. The Balaban J connectivity index is 1.40. The fraction of sp³-hybridized carbons (Fsp3) is 0.182. The Bertz CT molecular complexity index is 1050. The van der Waals surface area contributed by atoms with Crippen molar-refractivity contribution in [3.05, 3.63) is 86.0 Å². The third-order valence-corrected chi connectivity index (χ3v) is 6.55. The molecule has 0 bridgehead atoms. The molecule has 148 valence electrons. The minimum Gasteiger partial charge on any atom is -0.333 e. The molecule has 4 rings (SSSR count). The SMILES string of the molecule is N[C@H](Cc1ccc(Br)s1)C(=O)N1Cc2ccc(NC(=O)c3ccccc3)cc2C1. The van der Waals surface area contributed by atoms with Crippen molar-refractivity contribution in [1.29, 1.82) is 0 Å². The van der Waals surface area contributed by atoms with Gasteiger partial charge in [0.1, 0.15) is 0 Å². The van der Waals surface area contributed by atoms with E-state index >= 15 is 0 Å². The van der Waals surface area contributed by atoms with Gasteiger partial charge in [-0.15, -0.1) is 11.3 Å². The molecular weight excluding hydrogens is 450 g/mol. The molecule has 5 nitrogen and oxygen atoms in total. The van der Waals surface area contributed by atoms with E-state index in [2.05, 4.69) is 21.2 Å². The van der Waals surface area contributed by atoms with Crippen LogP contribution in [-0.4, -0.2) is 22.8 Å². The third-order valence-electron chi connectivity index (χ3n) is 4.90. The van der Waals surface area contributed by atoms with Gasteiger partial charge in [-0.05, 0) is 63.5 Å². The lowest BCUT2D eigenvalue weighted by molar-refractivity contribution is -0.133. The Kier molecular flexibility index (Phi) is 5.80. The van der Waals surface area contributed by atoms with E-state index in [9.17, 15) is 9.59 Å². The molecule has 2 amide bonds. The van der Waals surface area contributed by atoms with Crippen LogP contribution >= 0.6 is 27.3 Å². The Morgan fingerprint density at radius 1 is 1.07 bits per heavy atom. The molecule has 3 N–H and O–H groups in total. The van der Waals surface area contributed by atoms with Crippen LogP contribution in [0.15, 0.2) is 64.5 Å². The first-order chi connectivity index (χ1) is 14.0. The number of fused-ring (bicyclic) bond motifs is 1. The van der Waals surface area contributed by atoms with E-state index in [0.29, 0.717) is 25.1 Å². The Hall–Kier alpha value is -2.48. The van der Waals surface area contributed by atoms with E-state index in [4.69, 9.17) is 5.73 Å². The van der Waals surface area contributed by atoms with Crippen molar-refractivity contribution in [3.8, 4) is 0 Å². The molecule has 1 aliphatic heterocycles. The monoisotopic (exact) mass is 469 g/mol. The fourth-order valence-electron chi connectivity index (χ4n) is 3.42. The van der Waals surface area contributed by atoms with Crippen molar-refractivity contribution in [3.63, 3.8) is 0 Å². The van der Waals surface area contributed by atoms with Gasteiger partial charge in [0.05, 0.1) is 9.83 Å². The highest BCUT2D eigenvalue weighted by atomic mass is 79.9. The number of hydrogen-bond acceptors (Lipinski definition) is 4. The van der Waals surface area contributed by atoms with Crippen molar-refractivity contribution < 1.29 is 9.59 Å². The summed E-state index contributed by atoms with van der Waals surface area (Å²) in [6.07, 6.45) is 0.528. The molecule has 7 heteroatoms. The molecule has 29 heavy (non-hydrogen) atoms. The van der Waals surface area contributed by atoms with Gasteiger partial charge in [0.2, 0.25) is 5.91 Å². The van der Waals surface area contributed by atoms with Crippen molar-refractivity contribution >= 4 is 44.8 Å². The molecule has 0 saturated carbocycles. The molecule has 3 aromatic rings. The molecule has 0 saturated heterocycles. The minimum absolute atomic E-state index is 0.0550. The van der Waals surface area contributed by atoms with Crippen LogP contribution < -0.4 is 11.1 Å². The summed E-state index contributed by atoms with van der Waals surface area (Å²) >= 11 is 5.03. The number of rotatable bonds is 5. The average Bonchev–Trinajstić information content (AvgIpc) is 3.33. The Morgan fingerprint density at radius 2 is 1.83 bits per heavy atom. The highest BCUT2D eigenvalue weighted by molar-refractivity contribution is 9.11. The molecule has 0 spiro atoms. The number of carbonyl (C=O) groups is 2. The molecular formula is C22H20BrN3O2S. The molecule has 1 aliphatic rings. The first kappa shape index (κ1) is 19.8. The highest BCUT2D eigenvalue weighted by Gasteiger charge is 2.27. The number of anilines is 1. The van der Waals surface area contributed by atoms with Gasteiger partial charge in [-0.2, -0.15) is 0 Å². The summed E-state index contributed by atoms with van der Waals surface area (Å²) in [5, 5.41) is 2.92. The normalized spacial score (nSPS) is 13.8. The number of amides is 2. The van der Waals surface area contributed by atoms with Crippen LogP contribution in [0.1, 0.15) is 26.4 Å². The van der Waals surface area contributed by atoms with Crippen molar-refractivity contribution in [2.45, 2.75) is 25.6 Å². The van der Waals surface area contributed by atoms with Gasteiger partial charge in [0.25, 0.3) is 5.91 Å². The lowest BCUT2D eigenvalue weighted by Gasteiger charge is -2.19. The number of nitrogens with zero attached hydrogens (tertiary/aromatic N) is 1. The Labute approximate surface area is 181 Å². The molecule has 2 heterocycles. The van der Waals surface area contributed by atoms with Crippen molar-refractivity contribution in [2.75, 3.05) is 5.32 Å². The summed E-state index contributed by atoms with van der Waals surface area (Å²) in [6.45, 7) is 1.05. The number of nitrogens with one attached hydrogen (secondary N) is 1. The number of nitrogens with two attached hydrogens (primary N) is 1. The van der Waals surface area contributed by atoms with Crippen molar-refractivity contribution in [2.24, 2.45) is 5.73 Å². The summed E-state index contributed by atoms with van der Waals surface area (Å²) < 4.78 is 1.03. The topological polar surface area (TPSA) is 75.4 Å². The zero-order chi connectivity index (χ0) is 20.4. The van der Waals surface area contributed by atoms with Gasteiger partial charge in [-0.3, -0.25) is 9.59 Å². The number of thiophene rings is 1. The summed E-state index contributed by atoms with van der Waals surface area (Å²) in [4.78, 5) is 28.0. The van der Waals surface area contributed by atoms with E-state index in [0.717, 1.165) is 25.5 Å². The average molecular weight is 470 g/mol. The molecule has 0 fully saturated rings. The van der Waals surface area contributed by atoms with Gasteiger partial charge in [-0.1, -0.05) is 24.3 Å². The van der Waals surface area contributed by atoms with E-state index < -0.39 is 6.04 Å². The molecule has 0 radical (unpaired) electrons. The van der Waals surface area contributed by atoms with Gasteiger partial charge in [-0.25, -0.2) is 0 Å². The Morgan fingerprint density at radius 3 is 2.55 bits per heavy atom. The molecule has 2 aromatic carbocycles. The van der Waals surface area contributed by atoms with E-state index in [1.54, 1.807) is 28.4 Å². The minimum atomic E-state index is -0.563. The lowest BCUT2D eigenvalue weighted by Crippen LogP contribution is -2.42. The summed E-state index contributed by atoms with van der Waals surface area (Å²) in [6, 6.07) is 18.3. The van der Waals surface area contributed by atoms with Crippen LogP contribution in [0, 0.1) is 0 Å². The summed E-state index contributed by atoms with van der Waals surface area (Å²) in [5.41, 5.74) is 9.63. The fourth-order valence-corrected chi connectivity index (χ4v) is 4.96. The van der Waals surface area contributed by atoms with Crippen LogP contribution in [0.4, 0.5) is 5.69 Å². The second-order valence-corrected chi connectivity index (χ2v) is 9.56. The maximum atomic E-state index is 12.8. The number of hydrogen-bond donors (Lipinski definition) is 2. The second-order valence-electron chi connectivity index (χ2n) is 7.01. The predicted octanol–water partition coefficient (Wildman–Crippen LogP) is 4.18. The zero-order valence-corrected chi connectivity index (χ0v) is 18.0. The number of carbonyl (C=O) groups excluding carboxylic acids is 2. The predicted molar refractivity (Wildman–Crippen MR) is 119 cm³/mol. The first-order valence-corrected chi connectivity index (χ1v) is 10.9. The van der Waals surface area contributed by atoms with Crippen molar-refractivity contribution in [1.82, 2.24) is 4.90 Å². The van der Waals surface area contributed by atoms with Crippen LogP contribution in [0.3, 0.4) is 0 Å². The number of benzene rings is 2. The van der Waals surface area contributed by atoms with Gasteiger partial charge < -0.3 is 16.0 Å². The maximum Gasteiger partial charge on any atom is 0.255 e. The second kappa shape index (κ2) is 8.49. The van der Waals surface area contributed by atoms with E-state index in [1.807, 2.05) is 48.5 Å². The summed E-state index contributed by atoms with van der Waals surface area (Å²) in [7, 11) is 0. The zero-order valence-electron chi connectivity index (χ0n) is 15.6.